The first kappa shape index (κ1) is 18.5. The maximum atomic E-state index is 12.8. The van der Waals surface area contributed by atoms with Crippen LogP contribution in [0.15, 0.2) is 30.3 Å². The van der Waals surface area contributed by atoms with Crippen LogP contribution in [0.5, 0.6) is 0 Å². The van der Waals surface area contributed by atoms with E-state index in [0.717, 1.165) is 63.0 Å². The van der Waals surface area contributed by atoms with Gasteiger partial charge in [-0.1, -0.05) is 30.3 Å². The summed E-state index contributed by atoms with van der Waals surface area (Å²) in [6, 6.07) is 10.4. The van der Waals surface area contributed by atoms with Gasteiger partial charge in [-0.25, -0.2) is 0 Å². The molecule has 2 aromatic rings. The van der Waals surface area contributed by atoms with Gasteiger partial charge < -0.3 is 14.8 Å². The number of thioether (sulfide) groups is 1. The molecule has 1 N–H and O–H groups in total. The second-order valence-corrected chi connectivity index (χ2v) is 8.67. The molecule has 4 rings (SSSR count). The van der Waals surface area contributed by atoms with Gasteiger partial charge in [0.1, 0.15) is 11.6 Å². The highest BCUT2D eigenvalue weighted by Gasteiger charge is 2.30. The minimum Gasteiger partial charge on any atom is -0.342 e. The predicted molar refractivity (Wildman–Crippen MR) is 107 cm³/mol. The van der Waals surface area contributed by atoms with Crippen molar-refractivity contribution in [3.05, 3.63) is 47.5 Å². The molecule has 0 spiro atoms. The summed E-state index contributed by atoms with van der Waals surface area (Å²) in [5.41, 5.74) is 1.27. The van der Waals surface area contributed by atoms with Crippen molar-refractivity contribution in [2.24, 2.45) is 0 Å². The van der Waals surface area contributed by atoms with E-state index in [0.29, 0.717) is 5.92 Å². The molecular weight excluding hydrogens is 358 g/mol. The Morgan fingerprint density at radius 3 is 2.78 bits per heavy atom. The Morgan fingerprint density at radius 2 is 2.00 bits per heavy atom. The van der Waals surface area contributed by atoms with Crippen molar-refractivity contribution in [2.45, 2.75) is 49.8 Å². The summed E-state index contributed by atoms with van der Waals surface area (Å²) in [5, 5.41) is 12.1. The van der Waals surface area contributed by atoms with Gasteiger partial charge in [0.25, 0.3) is 0 Å². The van der Waals surface area contributed by atoms with Gasteiger partial charge >= 0.3 is 0 Å². The maximum absolute atomic E-state index is 12.8. The number of nitrogens with zero attached hydrogens (tertiary/aromatic N) is 4. The fourth-order valence-electron chi connectivity index (χ4n) is 3.90. The number of amides is 1. The smallest absolute Gasteiger partial charge is 0.235 e. The molecule has 1 amide bonds. The van der Waals surface area contributed by atoms with Crippen molar-refractivity contribution >= 4 is 17.7 Å². The highest BCUT2D eigenvalue weighted by Crippen LogP contribution is 2.29. The number of nitrogens with one attached hydrogen (secondary N) is 1. The van der Waals surface area contributed by atoms with Crippen molar-refractivity contribution in [3.8, 4) is 0 Å². The van der Waals surface area contributed by atoms with Crippen LogP contribution in [0.1, 0.15) is 42.9 Å². The summed E-state index contributed by atoms with van der Waals surface area (Å²) in [5.74, 6) is 3.72. The number of rotatable bonds is 5. The van der Waals surface area contributed by atoms with Crippen molar-refractivity contribution < 1.29 is 4.79 Å². The summed E-state index contributed by atoms with van der Waals surface area (Å²) in [4.78, 5) is 14.8. The Hall–Kier alpha value is -1.86. The summed E-state index contributed by atoms with van der Waals surface area (Å²) >= 11 is 1.72. The lowest BCUT2D eigenvalue weighted by molar-refractivity contribution is -0.131. The van der Waals surface area contributed by atoms with Crippen molar-refractivity contribution in [3.63, 3.8) is 0 Å². The first-order chi connectivity index (χ1) is 13.2. The fourth-order valence-corrected chi connectivity index (χ4v) is 4.83. The average Bonchev–Trinajstić information content (AvgIpc) is 3.16. The zero-order chi connectivity index (χ0) is 18.6. The van der Waals surface area contributed by atoms with E-state index in [4.69, 9.17) is 0 Å². The lowest BCUT2D eigenvalue weighted by Gasteiger charge is -2.33. The van der Waals surface area contributed by atoms with Gasteiger partial charge in [-0.05, 0) is 25.3 Å². The van der Waals surface area contributed by atoms with Crippen molar-refractivity contribution in [1.29, 1.82) is 0 Å². The Morgan fingerprint density at radius 1 is 1.22 bits per heavy atom. The topological polar surface area (TPSA) is 63.1 Å². The second kappa shape index (κ2) is 8.44. The lowest BCUT2D eigenvalue weighted by Crippen LogP contribution is -2.42. The zero-order valence-electron chi connectivity index (χ0n) is 15.8. The summed E-state index contributed by atoms with van der Waals surface area (Å²) in [6.45, 7) is 6.40. The number of likely N-dealkylation sites (tertiary alicyclic amines) is 1. The lowest BCUT2D eigenvalue weighted by atomic mass is 9.95. The molecule has 0 aliphatic carbocycles. The monoisotopic (exact) mass is 385 g/mol. The molecule has 27 heavy (non-hydrogen) atoms. The van der Waals surface area contributed by atoms with Gasteiger partial charge in [-0.15, -0.1) is 22.0 Å². The minimum atomic E-state index is -0.00585. The first-order valence-corrected chi connectivity index (χ1v) is 10.8. The number of hydrogen-bond acceptors (Lipinski definition) is 5. The van der Waals surface area contributed by atoms with E-state index in [9.17, 15) is 4.79 Å². The van der Waals surface area contributed by atoms with Gasteiger partial charge in [0.15, 0.2) is 0 Å². The average molecular weight is 386 g/mol. The molecule has 6 nitrogen and oxygen atoms in total. The summed E-state index contributed by atoms with van der Waals surface area (Å²) in [6.07, 6.45) is 1.96. The summed E-state index contributed by atoms with van der Waals surface area (Å²) < 4.78 is 2.27. The van der Waals surface area contributed by atoms with Gasteiger partial charge in [0.05, 0.1) is 11.8 Å². The molecule has 1 unspecified atom stereocenters. The van der Waals surface area contributed by atoms with Gasteiger partial charge in [0, 0.05) is 37.8 Å². The standard InChI is InChI=1S/C20H27N5OS/c1-15(27-14-16-5-3-2-4-6-16)20(26)24-10-7-17(8-11-24)19-23-22-18-13-21-9-12-25(18)19/h2-6,15,17,21H,7-14H2,1H3. The van der Waals surface area contributed by atoms with Crippen LogP contribution in [0.3, 0.4) is 0 Å². The highest BCUT2D eigenvalue weighted by atomic mass is 32.2. The third kappa shape index (κ3) is 4.19. The van der Waals surface area contributed by atoms with Gasteiger partial charge in [-0.2, -0.15) is 0 Å². The Bertz CT molecular complexity index is 770. The van der Waals surface area contributed by atoms with E-state index in [2.05, 4.69) is 32.2 Å². The second-order valence-electron chi connectivity index (χ2n) is 7.34. The van der Waals surface area contributed by atoms with Crippen LogP contribution in [-0.2, 0) is 23.6 Å². The van der Waals surface area contributed by atoms with Crippen LogP contribution < -0.4 is 5.32 Å². The largest absolute Gasteiger partial charge is 0.342 e. The number of hydrogen-bond donors (Lipinski definition) is 1. The maximum Gasteiger partial charge on any atom is 0.235 e. The molecular formula is C20H27N5OS. The molecule has 0 saturated carbocycles. The van der Waals surface area contributed by atoms with Crippen LogP contribution in [0.4, 0.5) is 0 Å². The number of piperidine rings is 1. The van der Waals surface area contributed by atoms with E-state index in [1.807, 2.05) is 30.0 Å². The zero-order valence-corrected chi connectivity index (χ0v) is 16.6. The molecule has 1 fully saturated rings. The minimum absolute atomic E-state index is 0.00585. The van der Waals surface area contributed by atoms with Crippen LogP contribution in [-0.4, -0.2) is 50.5 Å². The highest BCUT2D eigenvalue weighted by molar-refractivity contribution is 7.99. The molecule has 0 bridgehead atoms. The van der Waals surface area contributed by atoms with E-state index in [-0.39, 0.29) is 11.2 Å². The van der Waals surface area contributed by atoms with E-state index < -0.39 is 0 Å². The van der Waals surface area contributed by atoms with Crippen LogP contribution >= 0.6 is 11.8 Å². The molecule has 1 saturated heterocycles. The number of carbonyl (C=O) groups is 1. The number of aromatic nitrogens is 3. The van der Waals surface area contributed by atoms with E-state index in [1.165, 1.54) is 5.56 Å². The Kier molecular flexibility index (Phi) is 5.78. The number of fused-ring (bicyclic) bond motifs is 1. The number of carbonyl (C=O) groups excluding carboxylic acids is 1. The SMILES string of the molecule is CC(SCc1ccccc1)C(=O)N1CCC(c2nnc3n2CCNC3)CC1. The van der Waals surface area contributed by atoms with Gasteiger partial charge in [-0.3, -0.25) is 4.79 Å². The molecule has 7 heteroatoms. The quantitative estimate of drug-likeness (QED) is 0.856. The predicted octanol–water partition coefficient (Wildman–Crippen LogP) is 2.41. The third-order valence-electron chi connectivity index (χ3n) is 5.51. The molecule has 3 heterocycles. The molecule has 2 aliphatic rings. The normalized spacial score (nSPS) is 18.9. The van der Waals surface area contributed by atoms with E-state index >= 15 is 0 Å². The molecule has 1 aromatic heterocycles. The molecule has 1 aromatic carbocycles. The fraction of sp³-hybridized carbons (Fsp3) is 0.550. The summed E-state index contributed by atoms with van der Waals surface area (Å²) in [7, 11) is 0. The van der Waals surface area contributed by atoms with Crippen molar-refractivity contribution in [1.82, 2.24) is 25.0 Å². The molecule has 144 valence electrons. The molecule has 1 atom stereocenters. The van der Waals surface area contributed by atoms with E-state index in [1.54, 1.807) is 11.8 Å². The van der Waals surface area contributed by atoms with Gasteiger partial charge in [0.2, 0.25) is 5.91 Å². The number of benzene rings is 1. The van der Waals surface area contributed by atoms with Crippen LogP contribution in [0.2, 0.25) is 0 Å². The Balaban J connectivity index is 1.29. The Labute approximate surface area is 164 Å². The molecule has 2 aliphatic heterocycles. The molecule has 0 radical (unpaired) electrons. The first-order valence-electron chi connectivity index (χ1n) is 9.79. The third-order valence-corrected chi connectivity index (χ3v) is 6.72. The van der Waals surface area contributed by atoms with Crippen molar-refractivity contribution in [2.75, 3.05) is 19.6 Å². The van der Waals surface area contributed by atoms with Crippen LogP contribution in [0.25, 0.3) is 0 Å². The van der Waals surface area contributed by atoms with Crippen LogP contribution in [0, 0.1) is 0 Å².